The molecule has 2 atom stereocenters. The third kappa shape index (κ3) is 2.03. The maximum Gasteiger partial charge on any atom is 0.110 e. The lowest BCUT2D eigenvalue weighted by Gasteiger charge is -2.04. The van der Waals surface area contributed by atoms with Crippen molar-refractivity contribution in [2.45, 2.75) is 31.2 Å². The monoisotopic (exact) mass is 269 g/mol. The number of benzene rings is 1. The molecule has 0 unspecified atom stereocenters. The number of H-pyrrole nitrogens is 1. The van der Waals surface area contributed by atoms with Gasteiger partial charge < -0.3 is 10.7 Å². The minimum Gasteiger partial charge on any atom is -0.342 e. The van der Waals surface area contributed by atoms with Gasteiger partial charge in [-0.1, -0.05) is 23.2 Å². The van der Waals surface area contributed by atoms with Crippen molar-refractivity contribution in [2.24, 2.45) is 5.73 Å². The Bertz CT molecular complexity index is 525. The lowest BCUT2D eigenvalue weighted by Crippen LogP contribution is -2.14. The van der Waals surface area contributed by atoms with Crippen molar-refractivity contribution in [1.82, 2.24) is 9.97 Å². The molecule has 1 aliphatic rings. The first-order chi connectivity index (χ1) is 8.13. The summed E-state index contributed by atoms with van der Waals surface area (Å²) in [5, 5.41) is 1.10. The maximum atomic E-state index is 5.98. The van der Waals surface area contributed by atoms with Crippen LogP contribution in [-0.4, -0.2) is 16.0 Å². The second-order valence-corrected chi connectivity index (χ2v) is 5.49. The van der Waals surface area contributed by atoms with Crippen LogP contribution in [0.1, 0.15) is 31.0 Å². The van der Waals surface area contributed by atoms with Crippen LogP contribution in [0.2, 0.25) is 10.0 Å². The summed E-state index contributed by atoms with van der Waals surface area (Å²) in [5.41, 5.74) is 7.73. The Balaban J connectivity index is 2.02. The molecule has 0 aliphatic heterocycles. The van der Waals surface area contributed by atoms with Gasteiger partial charge in [-0.05, 0) is 31.4 Å². The highest BCUT2D eigenvalue weighted by molar-refractivity contribution is 6.42. The molecule has 5 heteroatoms. The molecule has 17 heavy (non-hydrogen) atoms. The summed E-state index contributed by atoms with van der Waals surface area (Å²) in [6.07, 6.45) is 3.17. The largest absolute Gasteiger partial charge is 0.342 e. The van der Waals surface area contributed by atoms with E-state index in [4.69, 9.17) is 28.9 Å². The van der Waals surface area contributed by atoms with Gasteiger partial charge in [0.25, 0.3) is 0 Å². The van der Waals surface area contributed by atoms with Gasteiger partial charge in [0, 0.05) is 12.0 Å². The number of halogens is 2. The molecule has 0 spiro atoms. The first kappa shape index (κ1) is 11.3. The van der Waals surface area contributed by atoms with Gasteiger partial charge in [-0.3, -0.25) is 0 Å². The van der Waals surface area contributed by atoms with Crippen LogP contribution >= 0.6 is 23.2 Å². The van der Waals surface area contributed by atoms with Crippen molar-refractivity contribution in [1.29, 1.82) is 0 Å². The van der Waals surface area contributed by atoms with Gasteiger partial charge in [-0.2, -0.15) is 0 Å². The SMILES string of the molecule is N[C@H]1CC[C@@H](c2nc3cc(Cl)c(Cl)cc3[nH]2)C1. The average molecular weight is 270 g/mol. The fourth-order valence-electron chi connectivity index (χ4n) is 2.48. The summed E-state index contributed by atoms with van der Waals surface area (Å²) in [5.74, 6) is 1.45. The molecule has 0 bridgehead atoms. The van der Waals surface area contributed by atoms with Crippen molar-refractivity contribution in [3.05, 3.63) is 28.0 Å². The third-order valence-corrected chi connectivity index (χ3v) is 4.12. The summed E-state index contributed by atoms with van der Waals surface area (Å²) in [4.78, 5) is 7.89. The molecule has 3 rings (SSSR count). The number of hydrogen-bond donors (Lipinski definition) is 2. The number of nitrogens with zero attached hydrogens (tertiary/aromatic N) is 1. The molecule has 90 valence electrons. The molecule has 2 aromatic rings. The smallest absolute Gasteiger partial charge is 0.110 e. The lowest BCUT2D eigenvalue weighted by molar-refractivity contribution is 0.651. The van der Waals surface area contributed by atoms with E-state index >= 15 is 0 Å². The molecule has 3 N–H and O–H groups in total. The molecular formula is C12H13Cl2N3. The molecule has 1 aromatic carbocycles. The highest BCUT2D eigenvalue weighted by Crippen LogP contribution is 2.34. The Kier molecular flexibility index (Phi) is 2.77. The molecule has 3 nitrogen and oxygen atoms in total. The third-order valence-electron chi connectivity index (χ3n) is 3.40. The first-order valence-corrected chi connectivity index (χ1v) is 6.49. The molecule has 0 saturated heterocycles. The highest BCUT2D eigenvalue weighted by Gasteiger charge is 2.25. The van der Waals surface area contributed by atoms with Gasteiger partial charge in [-0.15, -0.1) is 0 Å². The molecule has 1 fully saturated rings. The van der Waals surface area contributed by atoms with E-state index in [1.165, 1.54) is 0 Å². The van der Waals surface area contributed by atoms with E-state index in [9.17, 15) is 0 Å². The van der Waals surface area contributed by atoms with Gasteiger partial charge in [0.2, 0.25) is 0 Å². The maximum absolute atomic E-state index is 5.98. The van der Waals surface area contributed by atoms with Crippen LogP contribution in [0, 0.1) is 0 Å². The Morgan fingerprint density at radius 3 is 2.71 bits per heavy atom. The predicted octanol–water partition coefficient (Wildman–Crippen LogP) is 3.46. The summed E-state index contributed by atoms with van der Waals surface area (Å²) in [6, 6.07) is 3.93. The van der Waals surface area contributed by atoms with E-state index in [2.05, 4.69) is 9.97 Å². The van der Waals surface area contributed by atoms with Gasteiger partial charge in [0.05, 0.1) is 21.1 Å². The number of rotatable bonds is 1. The predicted molar refractivity (Wildman–Crippen MR) is 70.7 cm³/mol. The minimum absolute atomic E-state index is 0.306. The molecule has 1 saturated carbocycles. The number of nitrogens with one attached hydrogen (secondary N) is 1. The van der Waals surface area contributed by atoms with Crippen molar-refractivity contribution in [3.63, 3.8) is 0 Å². The average Bonchev–Trinajstić information content (AvgIpc) is 2.85. The van der Waals surface area contributed by atoms with Crippen molar-refractivity contribution >= 4 is 34.2 Å². The van der Waals surface area contributed by atoms with E-state index in [0.29, 0.717) is 22.0 Å². The van der Waals surface area contributed by atoms with E-state index in [1.54, 1.807) is 6.07 Å². The minimum atomic E-state index is 0.306. The Morgan fingerprint density at radius 1 is 1.24 bits per heavy atom. The van der Waals surface area contributed by atoms with Crippen molar-refractivity contribution in [2.75, 3.05) is 0 Å². The highest BCUT2D eigenvalue weighted by atomic mass is 35.5. The van der Waals surface area contributed by atoms with Gasteiger partial charge >= 0.3 is 0 Å². The Hall–Kier alpha value is -0.770. The zero-order valence-electron chi connectivity index (χ0n) is 9.21. The second kappa shape index (κ2) is 4.16. The molecule has 1 heterocycles. The Morgan fingerprint density at radius 2 is 2.00 bits per heavy atom. The molecule has 1 aliphatic carbocycles. The number of hydrogen-bond acceptors (Lipinski definition) is 2. The lowest BCUT2D eigenvalue weighted by atomic mass is 10.1. The van der Waals surface area contributed by atoms with Crippen LogP contribution in [0.5, 0.6) is 0 Å². The van der Waals surface area contributed by atoms with Crippen molar-refractivity contribution < 1.29 is 0 Å². The molecular weight excluding hydrogens is 257 g/mol. The van der Waals surface area contributed by atoms with Gasteiger partial charge in [0.15, 0.2) is 0 Å². The van der Waals surface area contributed by atoms with Crippen LogP contribution in [0.3, 0.4) is 0 Å². The fourth-order valence-corrected chi connectivity index (χ4v) is 2.80. The Labute approximate surface area is 109 Å². The summed E-state index contributed by atoms with van der Waals surface area (Å²) < 4.78 is 0. The molecule has 0 amide bonds. The molecule has 1 aromatic heterocycles. The number of fused-ring (bicyclic) bond motifs is 1. The first-order valence-electron chi connectivity index (χ1n) is 5.73. The van der Waals surface area contributed by atoms with Gasteiger partial charge in [-0.25, -0.2) is 4.98 Å². The quantitative estimate of drug-likeness (QED) is 0.833. The molecule has 0 radical (unpaired) electrons. The van der Waals surface area contributed by atoms with Crippen LogP contribution in [0.4, 0.5) is 0 Å². The standard InChI is InChI=1S/C12H13Cl2N3/c13-8-4-10-11(5-9(8)14)17-12(16-10)6-1-2-7(15)3-6/h4-7H,1-3,15H2,(H,16,17)/t6-,7+/m1/s1. The van der Waals surface area contributed by atoms with Crippen LogP contribution < -0.4 is 5.73 Å². The normalized spacial score (nSPS) is 24.6. The van der Waals surface area contributed by atoms with E-state index in [1.807, 2.05) is 6.07 Å². The number of imidazole rings is 1. The number of aromatic amines is 1. The van der Waals surface area contributed by atoms with Crippen LogP contribution in [0.25, 0.3) is 11.0 Å². The van der Waals surface area contributed by atoms with E-state index < -0.39 is 0 Å². The summed E-state index contributed by atoms with van der Waals surface area (Å²) in [6.45, 7) is 0. The van der Waals surface area contributed by atoms with Crippen LogP contribution in [-0.2, 0) is 0 Å². The van der Waals surface area contributed by atoms with Gasteiger partial charge in [0.1, 0.15) is 5.82 Å². The zero-order valence-corrected chi connectivity index (χ0v) is 10.7. The van der Waals surface area contributed by atoms with E-state index in [0.717, 1.165) is 36.1 Å². The second-order valence-electron chi connectivity index (χ2n) is 4.68. The van der Waals surface area contributed by atoms with E-state index in [-0.39, 0.29) is 0 Å². The summed E-state index contributed by atoms with van der Waals surface area (Å²) >= 11 is 12.0. The summed E-state index contributed by atoms with van der Waals surface area (Å²) in [7, 11) is 0. The number of aromatic nitrogens is 2. The zero-order chi connectivity index (χ0) is 12.0. The van der Waals surface area contributed by atoms with Crippen molar-refractivity contribution in [3.8, 4) is 0 Å². The van der Waals surface area contributed by atoms with Crippen LogP contribution in [0.15, 0.2) is 12.1 Å². The number of nitrogens with two attached hydrogens (primary N) is 1. The topological polar surface area (TPSA) is 54.7 Å². The fraction of sp³-hybridized carbons (Fsp3) is 0.417.